The molecule has 0 bridgehead atoms. The Hall–Kier alpha value is -2.58. The van der Waals surface area contributed by atoms with E-state index in [0.29, 0.717) is 22.8 Å². The number of phenols is 1. The van der Waals surface area contributed by atoms with E-state index in [1.807, 2.05) is 0 Å². The number of aromatic nitrogens is 2. The van der Waals surface area contributed by atoms with Crippen molar-refractivity contribution in [3.8, 4) is 5.75 Å². The first-order valence-electron chi connectivity index (χ1n) is 7.93. The summed E-state index contributed by atoms with van der Waals surface area (Å²) in [4.78, 5) is 7.16. The van der Waals surface area contributed by atoms with Crippen LogP contribution in [0.4, 0.5) is 10.1 Å². The van der Waals surface area contributed by atoms with E-state index in [9.17, 15) is 17.9 Å². The molecule has 27 heavy (non-hydrogen) atoms. The highest BCUT2D eigenvalue weighted by molar-refractivity contribution is 7.90. The highest BCUT2D eigenvalue weighted by Gasteiger charge is 2.24. The van der Waals surface area contributed by atoms with Crippen LogP contribution in [0, 0.1) is 12.7 Å². The first-order valence-corrected chi connectivity index (χ1v) is 10.2. The van der Waals surface area contributed by atoms with Crippen LogP contribution in [0.15, 0.2) is 47.5 Å². The van der Waals surface area contributed by atoms with Crippen molar-refractivity contribution in [1.82, 2.24) is 9.97 Å². The van der Waals surface area contributed by atoms with Gasteiger partial charge < -0.3 is 15.4 Å². The van der Waals surface area contributed by atoms with Crippen LogP contribution in [0.1, 0.15) is 23.1 Å². The fourth-order valence-electron chi connectivity index (χ4n) is 2.72. The standard InChI is InChI=1S/C18H17ClFN3O3S/c1-10-18(27(2,25)26)23-17(21-10)16(11-7-8-13(20)12(19)9-11)22-14-5-3-4-6-15(14)24/h3-9,16,22,24H,1-2H3,(H,21,23). The van der Waals surface area contributed by atoms with Gasteiger partial charge in [-0.05, 0) is 36.8 Å². The summed E-state index contributed by atoms with van der Waals surface area (Å²) in [5, 5.41) is 13.0. The molecule has 1 aromatic heterocycles. The number of anilines is 1. The molecule has 3 N–H and O–H groups in total. The van der Waals surface area contributed by atoms with E-state index < -0.39 is 21.7 Å². The lowest BCUT2D eigenvalue weighted by Gasteiger charge is -2.19. The van der Waals surface area contributed by atoms with Crippen molar-refractivity contribution in [2.45, 2.75) is 18.0 Å². The molecule has 3 rings (SSSR count). The summed E-state index contributed by atoms with van der Waals surface area (Å²) in [6, 6.07) is 10.0. The van der Waals surface area contributed by atoms with Crippen LogP contribution >= 0.6 is 11.6 Å². The van der Waals surface area contributed by atoms with Crippen LogP contribution in [0.3, 0.4) is 0 Å². The third-order valence-corrected chi connectivity index (χ3v) is 5.35. The van der Waals surface area contributed by atoms with E-state index in [0.717, 1.165) is 6.26 Å². The largest absolute Gasteiger partial charge is 0.506 e. The SMILES string of the molecule is Cc1[nH]c(C(Nc2ccccc2O)c2ccc(F)c(Cl)c2)nc1S(C)(=O)=O. The maximum Gasteiger partial charge on any atom is 0.194 e. The quantitative estimate of drug-likeness (QED) is 0.557. The fraction of sp³-hybridized carbons (Fsp3) is 0.167. The Balaban J connectivity index is 2.13. The summed E-state index contributed by atoms with van der Waals surface area (Å²) in [6.07, 6.45) is 1.07. The van der Waals surface area contributed by atoms with Gasteiger partial charge in [0.15, 0.2) is 14.9 Å². The van der Waals surface area contributed by atoms with Gasteiger partial charge in [0, 0.05) is 6.26 Å². The number of sulfone groups is 1. The molecule has 0 radical (unpaired) electrons. The van der Waals surface area contributed by atoms with Crippen molar-refractivity contribution >= 4 is 27.1 Å². The van der Waals surface area contributed by atoms with Crippen molar-refractivity contribution in [3.05, 3.63) is 70.4 Å². The summed E-state index contributed by atoms with van der Waals surface area (Å²) in [6.45, 7) is 1.60. The fourth-order valence-corrected chi connectivity index (χ4v) is 3.78. The zero-order valence-corrected chi connectivity index (χ0v) is 16.1. The third kappa shape index (κ3) is 4.06. The van der Waals surface area contributed by atoms with E-state index in [1.54, 1.807) is 25.1 Å². The highest BCUT2D eigenvalue weighted by Crippen LogP contribution is 2.32. The Bertz CT molecular complexity index is 1100. The van der Waals surface area contributed by atoms with Crippen LogP contribution in [0.25, 0.3) is 0 Å². The Morgan fingerprint density at radius 2 is 1.96 bits per heavy atom. The number of benzene rings is 2. The number of nitrogens with zero attached hydrogens (tertiary/aromatic N) is 1. The van der Waals surface area contributed by atoms with Gasteiger partial charge in [-0.1, -0.05) is 29.8 Å². The molecule has 1 heterocycles. The zero-order valence-electron chi connectivity index (χ0n) is 14.5. The number of imidazole rings is 1. The van der Waals surface area contributed by atoms with E-state index in [2.05, 4.69) is 15.3 Å². The van der Waals surface area contributed by atoms with E-state index in [4.69, 9.17) is 11.6 Å². The van der Waals surface area contributed by atoms with Gasteiger partial charge >= 0.3 is 0 Å². The number of nitrogens with one attached hydrogen (secondary N) is 2. The van der Waals surface area contributed by atoms with Crippen molar-refractivity contribution < 1.29 is 17.9 Å². The van der Waals surface area contributed by atoms with Crippen molar-refractivity contribution in [1.29, 1.82) is 0 Å². The second-order valence-electron chi connectivity index (χ2n) is 6.09. The Morgan fingerprint density at radius 3 is 2.56 bits per heavy atom. The van der Waals surface area contributed by atoms with Crippen LogP contribution in [0.2, 0.25) is 5.02 Å². The number of rotatable bonds is 5. The molecule has 9 heteroatoms. The van der Waals surface area contributed by atoms with Gasteiger partial charge in [-0.3, -0.25) is 0 Å². The van der Waals surface area contributed by atoms with Gasteiger partial charge in [0.2, 0.25) is 0 Å². The Morgan fingerprint density at radius 1 is 1.26 bits per heavy atom. The molecular formula is C18H17ClFN3O3S. The molecule has 0 aliphatic carbocycles. The maximum absolute atomic E-state index is 13.6. The average molecular weight is 410 g/mol. The predicted octanol–water partition coefficient (Wildman–Crippen LogP) is 3.82. The Kier molecular flexibility index (Phi) is 5.12. The van der Waals surface area contributed by atoms with Gasteiger partial charge in [-0.25, -0.2) is 17.8 Å². The van der Waals surface area contributed by atoms with E-state index in [1.165, 1.54) is 24.3 Å². The molecule has 1 atom stereocenters. The average Bonchev–Trinajstić information content (AvgIpc) is 2.98. The van der Waals surface area contributed by atoms with Gasteiger partial charge in [-0.15, -0.1) is 0 Å². The maximum atomic E-state index is 13.6. The minimum atomic E-state index is -3.53. The molecule has 0 spiro atoms. The Labute approximate surface area is 161 Å². The molecule has 2 aromatic carbocycles. The van der Waals surface area contributed by atoms with Crippen LogP contribution in [0.5, 0.6) is 5.75 Å². The van der Waals surface area contributed by atoms with Crippen LogP contribution < -0.4 is 5.32 Å². The summed E-state index contributed by atoms with van der Waals surface area (Å²) in [5.41, 5.74) is 1.32. The minimum Gasteiger partial charge on any atom is -0.506 e. The van der Waals surface area contributed by atoms with Crippen molar-refractivity contribution in [3.63, 3.8) is 0 Å². The lowest BCUT2D eigenvalue weighted by atomic mass is 10.1. The van der Waals surface area contributed by atoms with Gasteiger partial charge in [0.1, 0.15) is 23.4 Å². The monoisotopic (exact) mass is 409 g/mol. The first-order chi connectivity index (χ1) is 12.7. The third-order valence-electron chi connectivity index (χ3n) is 3.96. The number of phenolic OH excluding ortho intramolecular Hbond substituents is 1. The number of para-hydroxylation sites is 2. The normalized spacial score (nSPS) is 12.7. The number of hydrogen-bond acceptors (Lipinski definition) is 5. The lowest BCUT2D eigenvalue weighted by molar-refractivity contribution is 0.476. The topological polar surface area (TPSA) is 95.1 Å². The molecule has 0 saturated carbocycles. The number of aromatic amines is 1. The summed E-state index contributed by atoms with van der Waals surface area (Å²) < 4.78 is 37.4. The van der Waals surface area contributed by atoms with E-state index in [-0.39, 0.29) is 15.8 Å². The number of halogens is 2. The van der Waals surface area contributed by atoms with Crippen molar-refractivity contribution in [2.75, 3.05) is 11.6 Å². The predicted molar refractivity (Wildman–Crippen MR) is 101 cm³/mol. The number of aryl methyl sites for hydroxylation is 1. The molecule has 0 fully saturated rings. The van der Waals surface area contributed by atoms with E-state index >= 15 is 0 Å². The molecule has 1 unspecified atom stereocenters. The first kappa shape index (κ1) is 19.2. The number of aromatic hydroxyl groups is 1. The van der Waals surface area contributed by atoms with Gasteiger partial charge in [0.25, 0.3) is 0 Å². The molecule has 6 nitrogen and oxygen atoms in total. The zero-order chi connectivity index (χ0) is 19.8. The summed E-state index contributed by atoms with van der Waals surface area (Å²) in [5.74, 6) is -0.282. The lowest BCUT2D eigenvalue weighted by Crippen LogP contribution is -2.14. The summed E-state index contributed by atoms with van der Waals surface area (Å²) >= 11 is 5.91. The number of H-pyrrole nitrogens is 1. The smallest absolute Gasteiger partial charge is 0.194 e. The molecular weight excluding hydrogens is 393 g/mol. The molecule has 142 valence electrons. The van der Waals surface area contributed by atoms with Gasteiger partial charge in [-0.2, -0.15) is 0 Å². The molecule has 0 saturated heterocycles. The van der Waals surface area contributed by atoms with Crippen LogP contribution in [-0.2, 0) is 9.84 Å². The molecule has 0 amide bonds. The minimum absolute atomic E-state index is 0.00215. The van der Waals surface area contributed by atoms with Gasteiger partial charge in [0.05, 0.1) is 16.4 Å². The highest BCUT2D eigenvalue weighted by atomic mass is 35.5. The second kappa shape index (κ2) is 7.21. The second-order valence-corrected chi connectivity index (χ2v) is 8.43. The molecule has 0 aliphatic heterocycles. The van der Waals surface area contributed by atoms with Crippen LogP contribution in [-0.4, -0.2) is 29.7 Å². The number of hydrogen-bond donors (Lipinski definition) is 3. The summed E-state index contributed by atoms with van der Waals surface area (Å²) in [7, 11) is -3.53. The molecule has 3 aromatic rings. The molecule has 0 aliphatic rings. The van der Waals surface area contributed by atoms with Crippen molar-refractivity contribution in [2.24, 2.45) is 0 Å².